The van der Waals surface area contributed by atoms with E-state index in [4.69, 9.17) is 0 Å². The van der Waals surface area contributed by atoms with Gasteiger partial charge < -0.3 is 0 Å². The molecule has 0 saturated heterocycles. The number of sulfone groups is 1. The minimum absolute atomic E-state index is 0.0198. The molecule has 0 unspecified atom stereocenters. The summed E-state index contributed by atoms with van der Waals surface area (Å²) in [4.78, 5) is 0.0238. The Kier molecular flexibility index (Phi) is 3.08. The number of benzene rings is 1. The zero-order valence-electron chi connectivity index (χ0n) is 6.92. The first kappa shape index (κ1) is 10.7. The van der Waals surface area contributed by atoms with Gasteiger partial charge in [0.05, 0.1) is 15.1 Å². The SMILES string of the molecule is CCS(=O)(=O)c1ccc(Br)c(F)c1. The average molecular weight is 267 g/mol. The first-order valence-corrected chi connectivity index (χ1v) is 6.09. The van der Waals surface area contributed by atoms with E-state index in [1.807, 2.05) is 0 Å². The number of halogens is 2. The smallest absolute Gasteiger partial charge is 0.178 e. The van der Waals surface area contributed by atoms with E-state index >= 15 is 0 Å². The van der Waals surface area contributed by atoms with Gasteiger partial charge in [-0.15, -0.1) is 0 Å². The predicted octanol–water partition coefficient (Wildman–Crippen LogP) is 2.38. The maximum Gasteiger partial charge on any atom is 0.178 e. The molecule has 0 amide bonds. The van der Waals surface area contributed by atoms with E-state index in [1.54, 1.807) is 0 Å². The van der Waals surface area contributed by atoms with Gasteiger partial charge in [-0.2, -0.15) is 0 Å². The summed E-state index contributed by atoms with van der Waals surface area (Å²) in [5.41, 5.74) is 0. The molecule has 0 fully saturated rings. The minimum Gasteiger partial charge on any atom is -0.224 e. The molecule has 1 rings (SSSR count). The molecular formula is C8H8BrFO2S. The van der Waals surface area contributed by atoms with E-state index in [1.165, 1.54) is 19.1 Å². The third-order valence-electron chi connectivity index (χ3n) is 1.63. The van der Waals surface area contributed by atoms with Crippen molar-refractivity contribution in [3.8, 4) is 0 Å². The molecule has 0 aliphatic heterocycles. The summed E-state index contributed by atoms with van der Waals surface area (Å²) in [6.07, 6.45) is 0. The van der Waals surface area contributed by atoms with Crippen LogP contribution < -0.4 is 0 Å². The lowest BCUT2D eigenvalue weighted by molar-refractivity contribution is 0.590. The third kappa shape index (κ3) is 2.28. The molecule has 1 aromatic rings. The van der Waals surface area contributed by atoms with Crippen LogP contribution in [0.4, 0.5) is 4.39 Å². The number of rotatable bonds is 2. The van der Waals surface area contributed by atoms with Crippen molar-refractivity contribution in [2.45, 2.75) is 11.8 Å². The predicted molar refractivity (Wildman–Crippen MR) is 51.8 cm³/mol. The van der Waals surface area contributed by atoms with Crippen molar-refractivity contribution in [3.05, 3.63) is 28.5 Å². The summed E-state index contributed by atoms with van der Waals surface area (Å²) in [5, 5.41) is 0. The first-order chi connectivity index (χ1) is 5.97. The fourth-order valence-corrected chi connectivity index (χ4v) is 1.98. The maximum absolute atomic E-state index is 12.9. The second-order valence-electron chi connectivity index (χ2n) is 2.48. The molecule has 0 N–H and O–H groups in total. The van der Waals surface area contributed by atoms with Gasteiger partial charge in [0.25, 0.3) is 0 Å². The first-order valence-electron chi connectivity index (χ1n) is 3.65. The van der Waals surface area contributed by atoms with E-state index in [-0.39, 0.29) is 15.1 Å². The summed E-state index contributed by atoms with van der Waals surface area (Å²) < 4.78 is 35.8. The van der Waals surface area contributed by atoms with Crippen molar-refractivity contribution in [2.24, 2.45) is 0 Å². The molecule has 0 aromatic heterocycles. The van der Waals surface area contributed by atoms with Crippen LogP contribution in [0.25, 0.3) is 0 Å². The van der Waals surface area contributed by atoms with Crippen molar-refractivity contribution < 1.29 is 12.8 Å². The van der Waals surface area contributed by atoms with Crippen molar-refractivity contribution in [3.63, 3.8) is 0 Å². The Hall–Kier alpha value is -0.420. The highest BCUT2D eigenvalue weighted by atomic mass is 79.9. The molecule has 2 nitrogen and oxygen atoms in total. The van der Waals surface area contributed by atoms with Gasteiger partial charge in [-0.1, -0.05) is 6.92 Å². The molecule has 0 bridgehead atoms. The van der Waals surface area contributed by atoms with Gasteiger partial charge in [0.1, 0.15) is 5.82 Å². The molecule has 13 heavy (non-hydrogen) atoms. The van der Waals surface area contributed by atoms with Gasteiger partial charge >= 0.3 is 0 Å². The summed E-state index contributed by atoms with van der Waals surface area (Å²) in [5.74, 6) is -0.580. The van der Waals surface area contributed by atoms with Crippen LogP contribution in [0.3, 0.4) is 0 Å². The lowest BCUT2D eigenvalue weighted by atomic mass is 10.3. The molecule has 0 radical (unpaired) electrons. The summed E-state index contributed by atoms with van der Waals surface area (Å²) in [7, 11) is -3.30. The molecule has 0 heterocycles. The van der Waals surface area contributed by atoms with E-state index in [2.05, 4.69) is 15.9 Å². The topological polar surface area (TPSA) is 34.1 Å². The highest BCUT2D eigenvalue weighted by Gasteiger charge is 2.12. The molecule has 0 aliphatic carbocycles. The van der Waals surface area contributed by atoms with E-state index < -0.39 is 15.7 Å². The minimum atomic E-state index is -3.30. The summed E-state index contributed by atoms with van der Waals surface area (Å²) in [6.45, 7) is 1.52. The van der Waals surface area contributed by atoms with Crippen molar-refractivity contribution in [2.75, 3.05) is 5.75 Å². The van der Waals surface area contributed by atoms with Crippen LogP contribution in [0.1, 0.15) is 6.92 Å². The van der Waals surface area contributed by atoms with Crippen molar-refractivity contribution in [1.82, 2.24) is 0 Å². The molecule has 72 valence electrons. The van der Waals surface area contributed by atoms with Gasteiger partial charge in [-0.3, -0.25) is 0 Å². The standard InChI is InChI=1S/C8H8BrFO2S/c1-2-13(11,12)6-3-4-7(9)8(10)5-6/h3-5H,2H2,1H3. The molecule has 0 saturated carbocycles. The lowest BCUT2D eigenvalue weighted by Crippen LogP contribution is -2.03. The van der Waals surface area contributed by atoms with Gasteiger partial charge in [-0.05, 0) is 34.1 Å². The highest BCUT2D eigenvalue weighted by Crippen LogP contribution is 2.19. The van der Waals surface area contributed by atoms with E-state index in [0.717, 1.165) is 6.07 Å². The Morgan fingerprint density at radius 1 is 1.46 bits per heavy atom. The second-order valence-corrected chi connectivity index (χ2v) is 5.61. The Balaban J connectivity index is 3.27. The van der Waals surface area contributed by atoms with Crippen LogP contribution >= 0.6 is 15.9 Å². The monoisotopic (exact) mass is 266 g/mol. The summed E-state index contributed by atoms with van der Waals surface area (Å²) in [6, 6.07) is 3.78. The Bertz CT molecular complexity index is 414. The van der Waals surface area contributed by atoms with Gasteiger partial charge in [0, 0.05) is 0 Å². The van der Waals surface area contributed by atoms with E-state index in [0.29, 0.717) is 0 Å². The summed E-state index contributed by atoms with van der Waals surface area (Å²) >= 11 is 2.95. The van der Waals surface area contributed by atoms with Crippen LogP contribution in [0.5, 0.6) is 0 Å². The number of hydrogen-bond acceptors (Lipinski definition) is 2. The van der Waals surface area contributed by atoms with Crippen LogP contribution in [-0.4, -0.2) is 14.2 Å². The Morgan fingerprint density at radius 3 is 2.54 bits per heavy atom. The molecule has 0 spiro atoms. The van der Waals surface area contributed by atoms with Gasteiger partial charge in [0.15, 0.2) is 9.84 Å². The molecule has 0 aliphatic rings. The second kappa shape index (κ2) is 3.75. The largest absolute Gasteiger partial charge is 0.224 e. The Labute approximate surface area is 84.8 Å². The van der Waals surface area contributed by atoms with Crippen molar-refractivity contribution >= 4 is 25.8 Å². The normalized spacial score (nSPS) is 11.6. The fourth-order valence-electron chi connectivity index (χ4n) is 0.837. The lowest BCUT2D eigenvalue weighted by Gasteiger charge is -2.01. The molecule has 5 heteroatoms. The molecular weight excluding hydrogens is 259 g/mol. The Morgan fingerprint density at radius 2 is 2.08 bits per heavy atom. The van der Waals surface area contributed by atoms with Gasteiger partial charge in [0.2, 0.25) is 0 Å². The van der Waals surface area contributed by atoms with Gasteiger partial charge in [-0.25, -0.2) is 12.8 Å². The quantitative estimate of drug-likeness (QED) is 0.824. The molecule has 0 atom stereocenters. The zero-order valence-corrected chi connectivity index (χ0v) is 9.32. The maximum atomic E-state index is 12.9. The van der Waals surface area contributed by atoms with Crippen LogP contribution in [-0.2, 0) is 9.84 Å². The highest BCUT2D eigenvalue weighted by molar-refractivity contribution is 9.10. The number of hydrogen-bond donors (Lipinski definition) is 0. The fraction of sp³-hybridized carbons (Fsp3) is 0.250. The van der Waals surface area contributed by atoms with Crippen molar-refractivity contribution in [1.29, 1.82) is 0 Å². The average Bonchev–Trinajstić information content (AvgIpc) is 2.09. The molecule has 1 aromatic carbocycles. The van der Waals surface area contributed by atoms with Crippen LogP contribution in [0, 0.1) is 5.82 Å². The van der Waals surface area contributed by atoms with Crippen LogP contribution in [0.15, 0.2) is 27.6 Å². The van der Waals surface area contributed by atoms with E-state index in [9.17, 15) is 12.8 Å². The third-order valence-corrected chi connectivity index (χ3v) is 4.01. The zero-order chi connectivity index (χ0) is 10.1. The van der Waals surface area contributed by atoms with Crippen LogP contribution in [0.2, 0.25) is 0 Å².